The Hall–Kier alpha value is -3.34. The molecule has 0 radical (unpaired) electrons. The lowest BCUT2D eigenvalue weighted by atomic mass is 10.1. The van der Waals surface area contributed by atoms with E-state index in [0.717, 1.165) is 17.0 Å². The molecule has 8 heteroatoms. The molecule has 2 aromatic rings. The van der Waals surface area contributed by atoms with E-state index in [4.69, 9.17) is 5.26 Å². The van der Waals surface area contributed by atoms with E-state index in [1.165, 1.54) is 43.4 Å². The van der Waals surface area contributed by atoms with Crippen LogP contribution in [0.15, 0.2) is 48.5 Å². The van der Waals surface area contributed by atoms with Crippen molar-refractivity contribution in [2.45, 2.75) is 6.18 Å². The number of nitriles is 1. The summed E-state index contributed by atoms with van der Waals surface area (Å²) in [7, 11) is 1.34. The van der Waals surface area contributed by atoms with Gasteiger partial charge in [-0.25, -0.2) is 0 Å². The Morgan fingerprint density at radius 2 is 1.85 bits per heavy atom. The molecular formula is C18H14F3N3O2. The highest BCUT2D eigenvalue weighted by atomic mass is 19.4. The number of alkyl halides is 3. The molecular weight excluding hydrogens is 347 g/mol. The maximum absolute atomic E-state index is 12.9. The third-order valence-corrected chi connectivity index (χ3v) is 3.47. The summed E-state index contributed by atoms with van der Waals surface area (Å²) in [5.74, 6) is -1.30. The zero-order valence-electron chi connectivity index (χ0n) is 13.7. The van der Waals surface area contributed by atoms with Gasteiger partial charge in [0.25, 0.3) is 5.91 Å². The van der Waals surface area contributed by atoms with Crippen LogP contribution in [0, 0.1) is 11.3 Å². The van der Waals surface area contributed by atoms with Gasteiger partial charge >= 0.3 is 6.18 Å². The van der Waals surface area contributed by atoms with E-state index >= 15 is 0 Å². The number of rotatable bonds is 4. The van der Waals surface area contributed by atoms with Crippen LogP contribution in [0.3, 0.4) is 0 Å². The molecule has 0 aromatic heterocycles. The average molecular weight is 361 g/mol. The number of nitrogens with zero attached hydrogens (tertiary/aromatic N) is 2. The second-order valence-corrected chi connectivity index (χ2v) is 5.45. The fraction of sp³-hybridized carbons (Fsp3) is 0.167. The highest BCUT2D eigenvalue weighted by Gasteiger charge is 2.33. The fourth-order valence-electron chi connectivity index (χ4n) is 2.26. The van der Waals surface area contributed by atoms with Gasteiger partial charge < -0.3 is 10.2 Å². The first-order chi connectivity index (χ1) is 12.2. The average Bonchev–Trinajstić information content (AvgIpc) is 2.60. The van der Waals surface area contributed by atoms with Crippen LogP contribution in [0.2, 0.25) is 0 Å². The Morgan fingerprint density at radius 1 is 1.15 bits per heavy atom. The minimum absolute atomic E-state index is 0.204. The second kappa shape index (κ2) is 7.70. The molecule has 5 nitrogen and oxygen atoms in total. The third-order valence-electron chi connectivity index (χ3n) is 3.47. The maximum Gasteiger partial charge on any atom is 0.418 e. The van der Waals surface area contributed by atoms with Gasteiger partial charge in [-0.2, -0.15) is 18.4 Å². The lowest BCUT2D eigenvalue weighted by molar-refractivity contribution is -0.137. The molecule has 0 bridgehead atoms. The number of carbonyl (C=O) groups excluding carboxylic acids is 2. The van der Waals surface area contributed by atoms with Crippen molar-refractivity contribution in [3.63, 3.8) is 0 Å². The number of anilines is 1. The minimum atomic E-state index is -4.61. The van der Waals surface area contributed by atoms with Gasteiger partial charge in [-0.05, 0) is 30.3 Å². The summed E-state index contributed by atoms with van der Waals surface area (Å²) in [6.07, 6.45) is -4.61. The molecule has 26 heavy (non-hydrogen) atoms. The Kier molecular flexibility index (Phi) is 5.62. The molecule has 0 atom stereocenters. The summed E-state index contributed by atoms with van der Waals surface area (Å²) >= 11 is 0. The molecule has 2 aromatic carbocycles. The molecule has 0 aliphatic rings. The van der Waals surface area contributed by atoms with Gasteiger partial charge in [0, 0.05) is 12.6 Å². The summed E-state index contributed by atoms with van der Waals surface area (Å²) in [5.41, 5.74) is -0.857. The summed E-state index contributed by atoms with van der Waals surface area (Å²) in [6.45, 7) is -0.443. The van der Waals surface area contributed by atoms with E-state index < -0.39 is 30.1 Å². The van der Waals surface area contributed by atoms with Crippen molar-refractivity contribution in [1.29, 1.82) is 5.26 Å². The first kappa shape index (κ1) is 19.0. The van der Waals surface area contributed by atoms with Crippen LogP contribution in [0.1, 0.15) is 21.5 Å². The molecule has 0 spiro atoms. The number of hydrogen-bond donors (Lipinski definition) is 1. The molecule has 0 aliphatic heterocycles. The zero-order valence-corrected chi connectivity index (χ0v) is 13.7. The standard InChI is InChI=1S/C18H14F3N3O2/c1-24(17(26)13-6-4-5-12(9-13)10-22)11-16(25)23-15-8-3-2-7-14(15)18(19,20)21/h2-9H,11H2,1H3,(H,23,25). The molecule has 0 aliphatic carbocycles. The molecule has 0 saturated heterocycles. The fourth-order valence-corrected chi connectivity index (χ4v) is 2.26. The number of likely N-dealkylation sites (N-methyl/N-ethyl adjacent to an activating group) is 1. The topological polar surface area (TPSA) is 73.2 Å². The van der Waals surface area contributed by atoms with Gasteiger partial charge in [-0.15, -0.1) is 0 Å². The predicted molar refractivity (Wildman–Crippen MR) is 88.2 cm³/mol. The van der Waals surface area contributed by atoms with Crippen molar-refractivity contribution in [3.05, 3.63) is 65.2 Å². The predicted octanol–water partition coefficient (Wildman–Crippen LogP) is 3.29. The number of benzene rings is 2. The number of amides is 2. The molecule has 2 amide bonds. The Morgan fingerprint density at radius 3 is 2.50 bits per heavy atom. The summed E-state index contributed by atoms with van der Waals surface area (Å²) in [4.78, 5) is 25.4. The summed E-state index contributed by atoms with van der Waals surface area (Å²) in [6, 6.07) is 12.4. The second-order valence-electron chi connectivity index (χ2n) is 5.45. The van der Waals surface area contributed by atoms with Crippen molar-refractivity contribution in [3.8, 4) is 6.07 Å². The van der Waals surface area contributed by atoms with Crippen molar-refractivity contribution in [1.82, 2.24) is 4.90 Å². The third kappa shape index (κ3) is 4.60. The van der Waals surface area contributed by atoms with Gasteiger partial charge in [0.15, 0.2) is 0 Å². The van der Waals surface area contributed by atoms with Crippen molar-refractivity contribution in [2.75, 3.05) is 18.9 Å². The van der Waals surface area contributed by atoms with Crippen LogP contribution in [0.25, 0.3) is 0 Å². The van der Waals surface area contributed by atoms with E-state index in [0.29, 0.717) is 0 Å². The molecule has 0 saturated carbocycles. The van der Waals surface area contributed by atoms with Gasteiger partial charge in [-0.3, -0.25) is 9.59 Å². The number of halogens is 3. The molecule has 0 heterocycles. The van der Waals surface area contributed by atoms with Crippen molar-refractivity contribution < 1.29 is 22.8 Å². The minimum Gasteiger partial charge on any atom is -0.332 e. The van der Waals surface area contributed by atoms with E-state index in [2.05, 4.69) is 5.32 Å². The van der Waals surface area contributed by atoms with Gasteiger partial charge in [0.05, 0.1) is 29.4 Å². The van der Waals surface area contributed by atoms with Crippen LogP contribution >= 0.6 is 0 Å². The number of carbonyl (C=O) groups is 2. The van der Waals surface area contributed by atoms with E-state index in [-0.39, 0.29) is 16.8 Å². The Bertz CT molecular complexity index is 872. The molecule has 0 fully saturated rings. The van der Waals surface area contributed by atoms with E-state index in [9.17, 15) is 22.8 Å². The molecule has 1 N–H and O–H groups in total. The Labute approximate surface area is 147 Å². The normalized spacial score (nSPS) is 10.7. The van der Waals surface area contributed by atoms with Gasteiger partial charge in [0.2, 0.25) is 5.91 Å². The summed E-state index contributed by atoms with van der Waals surface area (Å²) in [5, 5.41) is 11.0. The van der Waals surface area contributed by atoms with Crippen LogP contribution in [-0.4, -0.2) is 30.3 Å². The smallest absolute Gasteiger partial charge is 0.332 e. The highest BCUT2D eigenvalue weighted by molar-refractivity contribution is 5.99. The van der Waals surface area contributed by atoms with Gasteiger partial charge in [0.1, 0.15) is 0 Å². The van der Waals surface area contributed by atoms with E-state index in [1.807, 2.05) is 6.07 Å². The lowest BCUT2D eigenvalue weighted by Gasteiger charge is -2.18. The molecule has 2 rings (SSSR count). The van der Waals surface area contributed by atoms with Crippen molar-refractivity contribution in [2.24, 2.45) is 0 Å². The lowest BCUT2D eigenvalue weighted by Crippen LogP contribution is -2.35. The monoisotopic (exact) mass is 361 g/mol. The Balaban J connectivity index is 2.08. The largest absolute Gasteiger partial charge is 0.418 e. The number of para-hydroxylation sites is 1. The van der Waals surface area contributed by atoms with Crippen molar-refractivity contribution >= 4 is 17.5 Å². The number of nitrogens with one attached hydrogen (secondary N) is 1. The first-order valence-corrected chi connectivity index (χ1v) is 7.44. The SMILES string of the molecule is CN(CC(=O)Nc1ccccc1C(F)(F)F)C(=O)c1cccc(C#N)c1. The maximum atomic E-state index is 12.9. The highest BCUT2D eigenvalue weighted by Crippen LogP contribution is 2.34. The number of hydrogen-bond acceptors (Lipinski definition) is 3. The van der Waals surface area contributed by atoms with E-state index in [1.54, 1.807) is 0 Å². The molecule has 0 unspecified atom stereocenters. The first-order valence-electron chi connectivity index (χ1n) is 7.44. The molecule has 134 valence electrons. The van der Waals surface area contributed by atoms with Crippen LogP contribution in [0.4, 0.5) is 18.9 Å². The van der Waals surface area contributed by atoms with Crippen LogP contribution < -0.4 is 5.32 Å². The quantitative estimate of drug-likeness (QED) is 0.908. The van der Waals surface area contributed by atoms with Gasteiger partial charge in [-0.1, -0.05) is 18.2 Å². The van der Waals surface area contributed by atoms with Crippen LogP contribution in [0.5, 0.6) is 0 Å². The van der Waals surface area contributed by atoms with Crippen LogP contribution in [-0.2, 0) is 11.0 Å². The summed E-state index contributed by atoms with van der Waals surface area (Å²) < 4.78 is 38.8. The zero-order chi connectivity index (χ0) is 19.3.